The van der Waals surface area contributed by atoms with Crippen LogP contribution in [-0.4, -0.2) is 54.5 Å². The van der Waals surface area contributed by atoms with Crippen LogP contribution in [0, 0.1) is 0 Å². The standard InChI is InChI=1S/C19H30N2O2/c1-5-16-8-6-7-9-18(16)23-14-19(22)20(4)17-10-12-21(13-11-17)15(2)3/h6-9,15,17H,5,10-14H2,1-4H3. The number of nitrogens with zero attached hydrogens (tertiary/aromatic N) is 2. The Kier molecular flexibility index (Phi) is 6.46. The molecule has 0 unspecified atom stereocenters. The lowest BCUT2D eigenvalue weighted by Crippen LogP contribution is -2.48. The quantitative estimate of drug-likeness (QED) is 0.808. The lowest BCUT2D eigenvalue weighted by molar-refractivity contribution is -0.135. The molecule has 23 heavy (non-hydrogen) atoms. The van der Waals surface area contributed by atoms with Gasteiger partial charge in [-0.3, -0.25) is 4.79 Å². The predicted molar refractivity (Wildman–Crippen MR) is 93.8 cm³/mol. The Morgan fingerprint density at radius 2 is 1.96 bits per heavy atom. The lowest BCUT2D eigenvalue weighted by Gasteiger charge is -2.38. The first-order chi connectivity index (χ1) is 11.0. The zero-order valence-corrected chi connectivity index (χ0v) is 14.9. The average Bonchev–Trinajstić information content (AvgIpc) is 2.59. The number of hydrogen-bond acceptors (Lipinski definition) is 3. The second-order valence-corrected chi connectivity index (χ2v) is 6.62. The van der Waals surface area contributed by atoms with Crippen molar-refractivity contribution in [3.8, 4) is 5.75 Å². The maximum absolute atomic E-state index is 12.4. The summed E-state index contributed by atoms with van der Waals surface area (Å²) in [4.78, 5) is 16.8. The number of likely N-dealkylation sites (N-methyl/N-ethyl adjacent to an activating group) is 1. The normalized spacial score (nSPS) is 16.6. The largest absolute Gasteiger partial charge is 0.483 e. The third-order valence-electron chi connectivity index (χ3n) is 4.88. The summed E-state index contributed by atoms with van der Waals surface area (Å²) in [6.07, 6.45) is 3.01. The number of amides is 1. The van der Waals surface area contributed by atoms with Crippen LogP contribution in [0.1, 0.15) is 39.2 Å². The van der Waals surface area contributed by atoms with Gasteiger partial charge in [-0.1, -0.05) is 25.1 Å². The number of aryl methyl sites for hydroxylation is 1. The molecule has 1 heterocycles. The predicted octanol–water partition coefficient (Wildman–Crippen LogP) is 2.96. The first-order valence-electron chi connectivity index (χ1n) is 8.73. The van der Waals surface area contributed by atoms with Crippen molar-refractivity contribution in [3.05, 3.63) is 29.8 Å². The van der Waals surface area contributed by atoms with Crippen molar-refractivity contribution in [1.82, 2.24) is 9.80 Å². The van der Waals surface area contributed by atoms with Crippen LogP contribution in [0.4, 0.5) is 0 Å². The van der Waals surface area contributed by atoms with Gasteiger partial charge < -0.3 is 14.5 Å². The summed E-state index contributed by atoms with van der Waals surface area (Å²) in [5.74, 6) is 0.894. The average molecular weight is 318 g/mol. The molecule has 0 radical (unpaired) electrons. The molecule has 1 aromatic rings. The lowest BCUT2D eigenvalue weighted by atomic mass is 10.0. The molecule has 1 saturated heterocycles. The fraction of sp³-hybridized carbons (Fsp3) is 0.632. The fourth-order valence-corrected chi connectivity index (χ4v) is 3.17. The Balaban J connectivity index is 1.84. The van der Waals surface area contributed by atoms with Gasteiger partial charge in [0.2, 0.25) is 0 Å². The Bertz CT molecular complexity index is 508. The third-order valence-corrected chi connectivity index (χ3v) is 4.88. The number of carbonyl (C=O) groups is 1. The molecule has 1 amide bonds. The molecule has 0 aliphatic carbocycles. The molecule has 1 aliphatic rings. The summed E-state index contributed by atoms with van der Waals surface area (Å²) in [6, 6.07) is 8.86. The highest BCUT2D eigenvalue weighted by Crippen LogP contribution is 2.20. The van der Waals surface area contributed by atoms with Gasteiger partial charge in [0.05, 0.1) is 0 Å². The van der Waals surface area contributed by atoms with E-state index in [0.717, 1.165) is 43.7 Å². The zero-order chi connectivity index (χ0) is 16.8. The summed E-state index contributed by atoms with van der Waals surface area (Å²) < 4.78 is 5.76. The molecule has 0 atom stereocenters. The number of benzene rings is 1. The summed E-state index contributed by atoms with van der Waals surface area (Å²) >= 11 is 0. The van der Waals surface area contributed by atoms with Crippen LogP contribution in [0.2, 0.25) is 0 Å². The van der Waals surface area contributed by atoms with Crippen molar-refractivity contribution in [2.45, 2.75) is 52.1 Å². The van der Waals surface area contributed by atoms with Gasteiger partial charge in [0.25, 0.3) is 5.91 Å². The van der Waals surface area contributed by atoms with E-state index in [-0.39, 0.29) is 12.5 Å². The maximum atomic E-state index is 12.4. The second kappa shape index (κ2) is 8.34. The molecule has 0 aromatic heterocycles. The Morgan fingerprint density at radius 1 is 1.30 bits per heavy atom. The molecule has 0 spiro atoms. The van der Waals surface area contributed by atoms with Crippen molar-refractivity contribution in [2.24, 2.45) is 0 Å². The van der Waals surface area contributed by atoms with Gasteiger partial charge >= 0.3 is 0 Å². The van der Waals surface area contributed by atoms with E-state index < -0.39 is 0 Å². The highest BCUT2D eigenvalue weighted by atomic mass is 16.5. The number of para-hydroxylation sites is 1. The van der Waals surface area contributed by atoms with Gasteiger partial charge in [0.1, 0.15) is 5.75 Å². The molecule has 0 N–H and O–H groups in total. The van der Waals surface area contributed by atoms with E-state index >= 15 is 0 Å². The van der Waals surface area contributed by atoms with E-state index in [4.69, 9.17) is 4.74 Å². The van der Waals surface area contributed by atoms with Crippen LogP contribution in [0.5, 0.6) is 5.75 Å². The number of rotatable bonds is 6. The molecule has 128 valence electrons. The molecular weight excluding hydrogens is 288 g/mol. The van der Waals surface area contributed by atoms with Crippen molar-refractivity contribution in [3.63, 3.8) is 0 Å². The highest BCUT2D eigenvalue weighted by Gasteiger charge is 2.26. The second-order valence-electron chi connectivity index (χ2n) is 6.62. The van der Waals surface area contributed by atoms with Crippen LogP contribution >= 0.6 is 0 Å². The molecular formula is C19H30N2O2. The van der Waals surface area contributed by atoms with Gasteiger partial charge in [0.15, 0.2) is 6.61 Å². The van der Waals surface area contributed by atoms with Gasteiger partial charge in [0, 0.05) is 32.2 Å². The number of carbonyl (C=O) groups excluding carboxylic acids is 1. The van der Waals surface area contributed by atoms with Gasteiger partial charge in [-0.2, -0.15) is 0 Å². The molecule has 1 aliphatic heterocycles. The summed E-state index contributed by atoms with van der Waals surface area (Å²) in [7, 11) is 1.91. The van der Waals surface area contributed by atoms with Gasteiger partial charge in [-0.05, 0) is 44.7 Å². The Morgan fingerprint density at radius 3 is 2.57 bits per heavy atom. The Hall–Kier alpha value is -1.55. The first-order valence-corrected chi connectivity index (χ1v) is 8.73. The van der Waals surface area contributed by atoms with Crippen LogP contribution in [0.25, 0.3) is 0 Å². The minimum Gasteiger partial charge on any atom is -0.483 e. The van der Waals surface area contributed by atoms with Crippen molar-refractivity contribution >= 4 is 5.91 Å². The molecule has 0 saturated carbocycles. The van der Waals surface area contributed by atoms with Crippen LogP contribution in [0.3, 0.4) is 0 Å². The molecule has 1 aromatic carbocycles. The van der Waals surface area contributed by atoms with Gasteiger partial charge in [-0.25, -0.2) is 0 Å². The van der Waals surface area contributed by atoms with E-state index in [1.807, 2.05) is 36.2 Å². The zero-order valence-electron chi connectivity index (χ0n) is 14.9. The van der Waals surface area contributed by atoms with Gasteiger partial charge in [-0.15, -0.1) is 0 Å². The monoisotopic (exact) mass is 318 g/mol. The van der Waals surface area contributed by atoms with E-state index in [0.29, 0.717) is 12.1 Å². The fourth-order valence-electron chi connectivity index (χ4n) is 3.17. The van der Waals surface area contributed by atoms with Crippen molar-refractivity contribution in [1.29, 1.82) is 0 Å². The summed E-state index contributed by atoms with van der Waals surface area (Å²) in [6.45, 7) is 8.82. The summed E-state index contributed by atoms with van der Waals surface area (Å²) in [5, 5.41) is 0. The third kappa shape index (κ3) is 4.71. The molecule has 2 rings (SSSR count). The Labute approximate surface area is 140 Å². The highest BCUT2D eigenvalue weighted by molar-refractivity contribution is 5.77. The van der Waals surface area contributed by atoms with E-state index in [2.05, 4.69) is 25.7 Å². The summed E-state index contributed by atoms with van der Waals surface area (Å²) in [5.41, 5.74) is 1.15. The maximum Gasteiger partial charge on any atom is 0.260 e. The van der Waals surface area contributed by atoms with E-state index in [1.54, 1.807) is 0 Å². The SMILES string of the molecule is CCc1ccccc1OCC(=O)N(C)C1CCN(C(C)C)CC1. The van der Waals surface area contributed by atoms with E-state index in [9.17, 15) is 4.79 Å². The van der Waals surface area contributed by atoms with E-state index in [1.165, 1.54) is 0 Å². The minimum absolute atomic E-state index is 0.0684. The van der Waals surface area contributed by atoms with Crippen LogP contribution in [-0.2, 0) is 11.2 Å². The molecule has 1 fully saturated rings. The van der Waals surface area contributed by atoms with Crippen molar-refractivity contribution in [2.75, 3.05) is 26.7 Å². The molecule has 0 bridgehead atoms. The number of piperidine rings is 1. The van der Waals surface area contributed by atoms with Crippen molar-refractivity contribution < 1.29 is 9.53 Å². The number of hydrogen-bond donors (Lipinski definition) is 0. The molecule has 4 heteroatoms. The minimum atomic E-state index is 0.0684. The number of ether oxygens (including phenoxy) is 1. The van der Waals surface area contributed by atoms with Crippen LogP contribution in [0.15, 0.2) is 24.3 Å². The van der Waals surface area contributed by atoms with Crippen LogP contribution < -0.4 is 4.74 Å². The molecule has 4 nitrogen and oxygen atoms in total. The smallest absolute Gasteiger partial charge is 0.260 e. The number of likely N-dealkylation sites (tertiary alicyclic amines) is 1. The first kappa shape index (κ1) is 17.8. The topological polar surface area (TPSA) is 32.8 Å².